The van der Waals surface area contributed by atoms with Gasteiger partial charge in [-0.25, -0.2) is 0 Å². The van der Waals surface area contributed by atoms with E-state index >= 15 is 0 Å². The van der Waals surface area contributed by atoms with Gasteiger partial charge in [0.2, 0.25) is 5.91 Å². The molecule has 0 aromatic carbocycles. The number of amides is 1. The molecule has 0 aromatic heterocycles. The van der Waals surface area contributed by atoms with Gasteiger partial charge in [-0.2, -0.15) is 0 Å². The minimum atomic E-state index is -0.848. The second kappa shape index (κ2) is 53.2. The SMILES string of the molecule is CCC/C=C\C/C=C\CCCCCCCC(=O)OCC/C=C\C/C=C\CCCCCCCCCCCCCCCCC(=O)NC(CO)C(O)/C=C/CCCCCCCCCCCCC. The molecule has 6 heteroatoms. The van der Waals surface area contributed by atoms with Gasteiger partial charge in [0.05, 0.1) is 25.4 Å². The van der Waals surface area contributed by atoms with E-state index in [1.54, 1.807) is 6.08 Å². The van der Waals surface area contributed by atoms with E-state index in [1.807, 2.05) is 6.08 Å². The molecule has 2 atom stereocenters. The minimum absolute atomic E-state index is 0.0523. The molecule has 372 valence electrons. The van der Waals surface area contributed by atoms with Gasteiger partial charge in [0.15, 0.2) is 0 Å². The standard InChI is InChI=1S/C58H105NO5/c1-3-5-7-9-11-13-15-26-30-34-38-42-46-50-56(61)55(54-60)59-57(62)51-47-43-39-35-31-28-24-22-20-18-17-19-21-23-25-29-33-37-41-45-49-53-64-58(63)52-48-44-40-36-32-27-16-14-12-10-8-6-4-2/h8,10,14,16,29,33,41,45-46,50,55-56,60-61H,3-7,9,11-13,15,17-28,30-32,34-40,42-44,47-49,51-54H2,1-2H3,(H,59,62)/b10-8-,16-14-,33-29-,45-41-,50-46+. The van der Waals surface area contributed by atoms with Crippen LogP contribution in [0.4, 0.5) is 0 Å². The zero-order valence-electron chi connectivity index (χ0n) is 42.2. The van der Waals surface area contributed by atoms with E-state index in [2.05, 4.69) is 67.8 Å². The van der Waals surface area contributed by atoms with Crippen molar-refractivity contribution in [2.75, 3.05) is 13.2 Å². The van der Waals surface area contributed by atoms with E-state index < -0.39 is 12.1 Å². The summed E-state index contributed by atoms with van der Waals surface area (Å²) in [6.07, 6.45) is 68.2. The van der Waals surface area contributed by atoms with Crippen LogP contribution in [0, 0.1) is 0 Å². The summed E-state index contributed by atoms with van der Waals surface area (Å²) in [5.41, 5.74) is 0. The van der Waals surface area contributed by atoms with Crippen molar-refractivity contribution in [1.29, 1.82) is 0 Å². The molecule has 0 heterocycles. The van der Waals surface area contributed by atoms with Crippen LogP contribution in [-0.2, 0) is 14.3 Å². The molecule has 0 aromatic rings. The molecule has 0 saturated heterocycles. The third-order valence-electron chi connectivity index (χ3n) is 12.3. The Hall–Kier alpha value is -2.44. The maximum absolute atomic E-state index is 12.4. The highest BCUT2D eigenvalue weighted by Crippen LogP contribution is 2.16. The number of esters is 1. The summed E-state index contributed by atoms with van der Waals surface area (Å²) in [7, 11) is 0. The third kappa shape index (κ3) is 49.0. The van der Waals surface area contributed by atoms with Crippen LogP contribution in [0.2, 0.25) is 0 Å². The van der Waals surface area contributed by atoms with Gasteiger partial charge in [-0.05, 0) is 77.0 Å². The summed E-state index contributed by atoms with van der Waals surface area (Å²) in [5, 5.41) is 23.0. The van der Waals surface area contributed by atoms with Crippen molar-refractivity contribution in [3.05, 3.63) is 60.8 Å². The van der Waals surface area contributed by atoms with Gasteiger partial charge < -0.3 is 20.3 Å². The Kier molecular flexibility index (Phi) is 51.2. The van der Waals surface area contributed by atoms with Crippen LogP contribution >= 0.6 is 0 Å². The summed E-state index contributed by atoms with van der Waals surface area (Å²) in [6, 6.07) is -0.632. The number of aliphatic hydroxyl groups is 2. The Morgan fingerprint density at radius 1 is 0.438 bits per heavy atom. The highest BCUT2D eigenvalue weighted by molar-refractivity contribution is 5.76. The highest BCUT2D eigenvalue weighted by Gasteiger charge is 2.18. The summed E-state index contributed by atoms with van der Waals surface area (Å²) in [6.45, 7) is 4.71. The molecule has 0 fully saturated rings. The number of rotatable bonds is 50. The lowest BCUT2D eigenvalue weighted by atomic mass is 10.0. The Balaban J connectivity index is 3.50. The Morgan fingerprint density at radius 2 is 0.812 bits per heavy atom. The molecular formula is C58H105NO5. The van der Waals surface area contributed by atoms with Gasteiger partial charge in [0.25, 0.3) is 0 Å². The number of carbonyl (C=O) groups excluding carboxylic acids is 2. The predicted molar refractivity (Wildman–Crippen MR) is 278 cm³/mol. The zero-order valence-corrected chi connectivity index (χ0v) is 42.2. The molecule has 6 nitrogen and oxygen atoms in total. The summed E-state index contributed by atoms with van der Waals surface area (Å²) in [4.78, 5) is 24.4. The zero-order chi connectivity index (χ0) is 46.5. The molecule has 0 saturated carbocycles. The molecule has 0 rings (SSSR count). The van der Waals surface area contributed by atoms with E-state index in [-0.39, 0.29) is 18.5 Å². The van der Waals surface area contributed by atoms with Crippen molar-refractivity contribution < 1.29 is 24.5 Å². The number of carbonyl (C=O) groups is 2. The van der Waals surface area contributed by atoms with Crippen molar-refractivity contribution in [2.24, 2.45) is 0 Å². The number of nitrogens with one attached hydrogen (secondary N) is 1. The van der Waals surface area contributed by atoms with Crippen LogP contribution in [-0.4, -0.2) is 47.4 Å². The number of aliphatic hydroxyl groups excluding tert-OH is 2. The van der Waals surface area contributed by atoms with Gasteiger partial charge >= 0.3 is 5.97 Å². The number of ether oxygens (including phenoxy) is 1. The smallest absolute Gasteiger partial charge is 0.305 e. The number of hydrogen-bond donors (Lipinski definition) is 3. The molecule has 0 aliphatic heterocycles. The average Bonchev–Trinajstić information content (AvgIpc) is 3.29. The van der Waals surface area contributed by atoms with E-state index in [9.17, 15) is 19.8 Å². The van der Waals surface area contributed by atoms with Crippen molar-refractivity contribution >= 4 is 11.9 Å². The summed E-state index contributed by atoms with van der Waals surface area (Å²) >= 11 is 0. The lowest BCUT2D eigenvalue weighted by molar-refractivity contribution is -0.143. The predicted octanol–water partition coefficient (Wildman–Crippen LogP) is 16.8. The highest BCUT2D eigenvalue weighted by atomic mass is 16.5. The van der Waals surface area contributed by atoms with Crippen LogP contribution in [0.3, 0.4) is 0 Å². The van der Waals surface area contributed by atoms with Gasteiger partial charge in [0, 0.05) is 12.8 Å². The molecule has 0 bridgehead atoms. The fraction of sp³-hybridized carbons (Fsp3) is 0.793. The van der Waals surface area contributed by atoms with Crippen molar-refractivity contribution in [3.63, 3.8) is 0 Å². The van der Waals surface area contributed by atoms with Crippen molar-refractivity contribution in [1.82, 2.24) is 5.32 Å². The van der Waals surface area contributed by atoms with Gasteiger partial charge in [-0.1, -0.05) is 242 Å². The molecule has 0 aliphatic carbocycles. The van der Waals surface area contributed by atoms with Crippen LogP contribution in [0.15, 0.2) is 60.8 Å². The molecule has 1 amide bonds. The lowest BCUT2D eigenvalue weighted by Gasteiger charge is -2.20. The molecule has 0 spiro atoms. The van der Waals surface area contributed by atoms with E-state index in [1.165, 1.54) is 180 Å². The first-order valence-corrected chi connectivity index (χ1v) is 27.6. The fourth-order valence-corrected chi connectivity index (χ4v) is 8.04. The van der Waals surface area contributed by atoms with E-state index in [4.69, 9.17) is 4.74 Å². The molecule has 0 aliphatic rings. The fourth-order valence-electron chi connectivity index (χ4n) is 8.04. The van der Waals surface area contributed by atoms with Crippen molar-refractivity contribution in [2.45, 2.75) is 283 Å². The topological polar surface area (TPSA) is 95.9 Å². The molecule has 2 unspecified atom stereocenters. The van der Waals surface area contributed by atoms with Crippen LogP contribution < -0.4 is 5.32 Å². The van der Waals surface area contributed by atoms with Crippen LogP contribution in [0.5, 0.6) is 0 Å². The van der Waals surface area contributed by atoms with Crippen LogP contribution in [0.25, 0.3) is 0 Å². The summed E-state index contributed by atoms with van der Waals surface area (Å²) < 4.78 is 5.39. The Bertz CT molecular complexity index is 1130. The number of unbranched alkanes of at least 4 members (excludes halogenated alkanes) is 31. The number of allylic oxidation sites excluding steroid dienone is 8. The monoisotopic (exact) mass is 896 g/mol. The average molecular weight is 896 g/mol. The third-order valence-corrected chi connectivity index (χ3v) is 12.3. The van der Waals surface area contributed by atoms with Crippen molar-refractivity contribution in [3.8, 4) is 0 Å². The van der Waals surface area contributed by atoms with Gasteiger partial charge in [-0.15, -0.1) is 0 Å². The second-order valence-electron chi connectivity index (χ2n) is 18.5. The Morgan fingerprint density at radius 3 is 1.25 bits per heavy atom. The largest absolute Gasteiger partial charge is 0.465 e. The molecule has 3 N–H and O–H groups in total. The van der Waals surface area contributed by atoms with E-state index in [0.29, 0.717) is 19.4 Å². The first-order chi connectivity index (χ1) is 31.5. The maximum atomic E-state index is 12.4. The van der Waals surface area contributed by atoms with Gasteiger partial charge in [0.1, 0.15) is 0 Å². The first kappa shape index (κ1) is 61.6. The Labute approximate surface area is 397 Å². The molecule has 0 radical (unpaired) electrons. The quantitative estimate of drug-likeness (QED) is 0.0321. The minimum Gasteiger partial charge on any atom is -0.465 e. The second-order valence-corrected chi connectivity index (χ2v) is 18.5. The normalized spacial score (nSPS) is 13.1. The molecule has 64 heavy (non-hydrogen) atoms. The summed E-state index contributed by atoms with van der Waals surface area (Å²) in [5.74, 6) is -0.127. The van der Waals surface area contributed by atoms with Crippen LogP contribution in [0.1, 0.15) is 271 Å². The number of hydrogen-bond acceptors (Lipinski definition) is 5. The molecular weight excluding hydrogens is 791 g/mol. The van der Waals surface area contributed by atoms with E-state index in [0.717, 1.165) is 64.2 Å². The first-order valence-electron chi connectivity index (χ1n) is 27.6. The van der Waals surface area contributed by atoms with Gasteiger partial charge in [-0.3, -0.25) is 9.59 Å². The maximum Gasteiger partial charge on any atom is 0.305 e. The lowest BCUT2D eigenvalue weighted by Crippen LogP contribution is -2.45.